The fraction of sp³-hybridized carbons (Fsp3) is 0. The van der Waals surface area contributed by atoms with Gasteiger partial charge < -0.3 is 5.73 Å². The van der Waals surface area contributed by atoms with Crippen LogP contribution in [0.2, 0.25) is 0 Å². The molecule has 66 valence electrons. The third-order valence-corrected chi connectivity index (χ3v) is 2.19. The van der Waals surface area contributed by atoms with Crippen molar-refractivity contribution in [2.24, 2.45) is 0 Å². The van der Waals surface area contributed by atoms with E-state index >= 15 is 0 Å². The maximum Gasteiger partial charge on any atom is 0.144 e. The summed E-state index contributed by atoms with van der Waals surface area (Å²) in [6, 6.07) is 4.12. The van der Waals surface area contributed by atoms with Crippen LogP contribution in [-0.4, -0.2) is 5.71 Å². The largest absolute Gasteiger partial charge is 0.397 e. The molecule has 0 aliphatic carbocycles. The first-order chi connectivity index (χ1) is 6.07. The van der Waals surface area contributed by atoms with Crippen molar-refractivity contribution in [1.82, 2.24) is 0 Å². The molecule has 0 aromatic heterocycles. The summed E-state index contributed by atoms with van der Waals surface area (Å²) < 4.78 is 13.6. The topological polar surface area (TPSA) is 73.7 Å². The Hall–Kier alpha value is -1.41. The highest BCUT2D eigenvalue weighted by molar-refractivity contribution is 9.10. The fourth-order valence-electron chi connectivity index (χ4n) is 0.877. The van der Waals surface area contributed by atoms with E-state index in [9.17, 15) is 4.39 Å². The number of nitrogen functional groups attached to an aromatic ring is 1. The molecule has 1 aromatic rings. The van der Waals surface area contributed by atoms with E-state index in [0.29, 0.717) is 4.47 Å². The van der Waals surface area contributed by atoms with E-state index < -0.39 is 11.5 Å². The first-order valence-corrected chi connectivity index (χ1v) is 4.09. The van der Waals surface area contributed by atoms with Gasteiger partial charge in [0.2, 0.25) is 0 Å². The van der Waals surface area contributed by atoms with Crippen molar-refractivity contribution in [2.75, 3.05) is 5.73 Å². The molecule has 0 saturated heterocycles. The Kier molecular flexibility index (Phi) is 2.63. The first kappa shape index (κ1) is 9.68. The van der Waals surface area contributed by atoms with E-state index in [1.165, 1.54) is 12.1 Å². The molecule has 3 N–H and O–H groups in total. The van der Waals surface area contributed by atoms with E-state index in [4.69, 9.17) is 16.4 Å². The molecule has 3 nitrogen and oxygen atoms in total. The summed E-state index contributed by atoms with van der Waals surface area (Å²) in [5.41, 5.74) is 4.93. The minimum Gasteiger partial charge on any atom is -0.397 e. The number of rotatable bonds is 1. The molecule has 0 heterocycles. The average Bonchev–Trinajstić information content (AvgIpc) is 2.12. The summed E-state index contributed by atoms with van der Waals surface area (Å²) in [6.45, 7) is 0. The van der Waals surface area contributed by atoms with Gasteiger partial charge in [0, 0.05) is 4.47 Å². The standard InChI is InChI=1S/C8H5BrFN3/c9-4-1-2-5(10)7(8(4)13)6(12)3-11/h1-2,12H,13H2. The lowest BCUT2D eigenvalue weighted by Gasteiger charge is -2.04. The van der Waals surface area contributed by atoms with Gasteiger partial charge in [-0.1, -0.05) is 0 Å². The molecular formula is C8H5BrFN3. The smallest absolute Gasteiger partial charge is 0.144 e. The predicted molar refractivity (Wildman–Crippen MR) is 51.0 cm³/mol. The van der Waals surface area contributed by atoms with Crippen molar-refractivity contribution in [3.8, 4) is 6.07 Å². The SMILES string of the molecule is N#CC(=N)c1c(F)ccc(Br)c1N. The lowest BCUT2D eigenvalue weighted by atomic mass is 10.1. The highest BCUT2D eigenvalue weighted by atomic mass is 79.9. The molecule has 0 fully saturated rings. The average molecular weight is 242 g/mol. The minimum absolute atomic E-state index is 0.0755. The van der Waals surface area contributed by atoms with Crippen LogP contribution in [0.25, 0.3) is 0 Å². The predicted octanol–water partition coefficient (Wildman–Crippen LogP) is 2.06. The molecule has 0 amide bonds. The fourth-order valence-corrected chi connectivity index (χ4v) is 1.21. The number of anilines is 1. The Labute approximate surface area is 82.6 Å². The molecular weight excluding hydrogens is 237 g/mol. The van der Waals surface area contributed by atoms with E-state index in [1.54, 1.807) is 0 Å². The van der Waals surface area contributed by atoms with Crippen molar-refractivity contribution < 1.29 is 4.39 Å². The van der Waals surface area contributed by atoms with Crippen LogP contribution in [0.3, 0.4) is 0 Å². The van der Waals surface area contributed by atoms with Gasteiger partial charge in [-0.25, -0.2) is 4.39 Å². The maximum absolute atomic E-state index is 13.1. The number of hydrogen-bond acceptors (Lipinski definition) is 3. The van der Waals surface area contributed by atoms with Gasteiger partial charge in [-0.2, -0.15) is 5.26 Å². The number of nitrogens with one attached hydrogen (secondary N) is 1. The van der Waals surface area contributed by atoms with Gasteiger partial charge in [-0.15, -0.1) is 0 Å². The number of halogens is 2. The first-order valence-electron chi connectivity index (χ1n) is 3.30. The summed E-state index contributed by atoms with van der Waals surface area (Å²) >= 11 is 3.08. The second-order valence-electron chi connectivity index (χ2n) is 2.30. The van der Waals surface area contributed by atoms with Gasteiger partial charge in [0.1, 0.15) is 17.6 Å². The Bertz CT molecular complexity index is 409. The molecule has 0 aliphatic heterocycles. The van der Waals surface area contributed by atoms with Crippen LogP contribution in [0.4, 0.5) is 10.1 Å². The van der Waals surface area contributed by atoms with Crippen LogP contribution in [0, 0.1) is 22.6 Å². The van der Waals surface area contributed by atoms with Crippen molar-refractivity contribution in [2.45, 2.75) is 0 Å². The molecule has 0 atom stereocenters. The van der Waals surface area contributed by atoms with Gasteiger partial charge in [-0.3, -0.25) is 5.41 Å². The van der Waals surface area contributed by atoms with Crippen LogP contribution < -0.4 is 5.73 Å². The third kappa shape index (κ3) is 1.68. The van der Waals surface area contributed by atoms with Crippen LogP contribution in [0.15, 0.2) is 16.6 Å². The Balaban J connectivity index is 3.44. The van der Waals surface area contributed by atoms with E-state index in [-0.39, 0.29) is 11.3 Å². The quantitative estimate of drug-likeness (QED) is 0.584. The van der Waals surface area contributed by atoms with Gasteiger partial charge in [-0.05, 0) is 28.1 Å². The molecule has 1 rings (SSSR count). The van der Waals surface area contributed by atoms with E-state index in [2.05, 4.69) is 15.9 Å². The summed E-state index contributed by atoms with van der Waals surface area (Å²) in [7, 11) is 0. The highest BCUT2D eigenvalue weighted by Gasteiger charge is 2.13. The lowest BCUT2D eigenvalue weighted by Crippen LogP contribution is -2.05. The van der Waals surface area contributed by atoms with Crippen LogP contribution in [0.1, 0.15) is 5.56 Å². The Morgan fingerprint density at radius 2 is 2.23 bits per heavy atom. The van der Waals surface area contributed by atoms with Crippen molar-refractivity contribution in [1.29, 1.82) is 10.7 Å². The second kappa shape index (κ2) is 3.54. The third-order valence-electron chi connectivity index (χ3n) is 1.50. The lowest BCUT2D eigenvalue weighted by molar-refractivity contribution is 0.626. The van der Waals surface area contributed by atoms with Gasteiger partial charge in [0.05, 0.1) is 11.3 Å². The normalized spacial score (nSPS) is 9.31. The van der Waals surface area contributed by atoms with Crippen molar-refractivity contribution >= 4 is 27.3 Å². The summed E-state index contributed by atoms with van der Waals surface area (Å²) in [5.74, 6) is -0.660. The zero-order valence-corrected chi connectivity index (χ0v) is 8.02. The Morgan fingerprint density at radius 3 is 2.77 bits per heavy atom. The van der Waals surface area contributed by atoms with Crippen LogP contribution in [-0.2, 0) is 0 Å². The molecule has 1 aromatic carbocycles. The summed E-state index contributed by atoms with van der Waals surface area (Å²) in [4.78, 5) is 0. The van der Waals surface area contributed by atoms with Gasteiger partial charge >= 0.3 is 0 Å². The molecule has 0 radical (unpaired) electrons. The molecule has 0 aliphatic rings. The number of nitriles is 1. The van der Waals surface area contributed by atoms with Gasteiger partial charge in [0.15, 0.2) is 0 Å². The zero-order chi connectivity index (χ0) is 10.0. The summed E-state index contributed by atoms with van der Waals surface area (Å²) in [5, 5.41) is 15.6. The van der Waals surface area contributed by atoms with Gasteiger partial charge in [0.25, 0.3) is 0 Å². The van der Waals surface area contributed by atoms with E-state index in [0.717, 1.165) is 6.07 Å². The minimum atomic E-state index is -0.660. The van der Waals surface area contributed by atoms with E-state index in [1.807, 2.05) is 0 Å². The molecule has 0 unspecified atom stereocenters. The Morgan fingerprint density at radius 1 is 1.62 bits per heavy atom. The highest BCUT2D eigenvalue weighted by Crippen LogP contribution is 2.25. The molecule has 13 heavy (non-hydrogen) atoms. The number of nitrogens with zero attached hydrogens (tertiary/aromatic N) is 1. The monoisotopic (exact) mass is 241 g/mol. The van der Waals surface area contributed by atoms with Crippen LogP contribution in [0.5, 0.6) is 0 Å². The molecule has 0 spiro atoms. The second-order valence-corrected chi connectivity index (χ2v) is 3.16. The van der Waals surface area contributed by atoms with Crippen LogP contribution >= 0.6 is 15.9 Å². The number of benzene rings is 1. The summed E-state index contributed by atoms with van der Waals surface area (Å²) in [6.07, 6.45) is 0. The van der Waals surface area contributed by atoms with Crippen molar-refractivity contribution in [3.05, 3.63) is 28.0 Å². The van der Waals surface area contributed by atoms with Crippen molar-refractivity contribution in [3.63, 3.8) is 0 Å². The molecule has 5 heteroatoms. The zero-order valence-electron chi connectivity index (χ0n) is 6.44. The molecule has 0 bridgehead atoms. The maximum atomic E-state index is 13.1. The number of nitrogens with two attached hydrogens (primary N) is 1. The number of hydrogen-bond donors (Lipinski definition) is 2. The molecule has 0 saturated carbocycles.